The van der Waals surface area contributed by atoms with Crippen molar-refractivity contribution in [2.24, 2.45) is 0 Å². The van der Waals surface area contributed by atoms with Gasteiger partial charge in [-0.05, 0) is 53.4 Å². The Bertz CT molecular complexity index is 1280. The van der Waals surface area contributed by atoms with Gasteiger partial charge in [0.2, 0.25) is 5.82 Å². The lowest BCUT2D eigenvalue weighted by Crippen LogP contribution is -2.14. The number of amides is 1. The number of H-pyrrole nitrogens is 1. The zero-order valence-electron chi connectivity index (χ0n) is 15.4. The van der Waals surface area contributed by atoms with Gasteiger partial charge < -0.3 is 9.73 Å². The number of nitrogens with one attached hydrogen (secondary N) is 2. The third-order valence-corrected chi connectivity index (χ3v) is 4.92. The number of carbonyl (C=O) groups excluding carboxylic acids is 1. The third kappa shape index (κ3) is 4.69. The van der Waals surface area contributed by atoms with E-state index in [9.17, 15) is 31.1 Å². The summed E-state index contributed by atoms with van der Waals surface area (Å²) in [6.07, 6.45) is -5.05. The van der Waals surface area contributed by atoms with E-state index < -0.39 is 39.8 Å². The third-order valence-electron chi connectivity index (χ3n) is 4.12. The first-order valence-corrected chi connectivity index (χ1v) is 9.37. The molecule has 0 fully saturated rings. The van der Waals surface area contributed by atoms with Crippen LogP contribution in [0.5, 0.6) is 0 Å². The molecule has 166 valence electrons. The average molecular weight is 473 g/mol. The second kappa shape index (κ2) is 7.85. The number of benzene rings is 2. The maximum absolute atomic E-state index is 13.2. The molecule has 0 atom stereocenters. The number of aromatic nitrogens is 4. The predicted molar refractivity (Wildman–Crippen MR) is 101 cm³/mol. The van der Waals surface area contributed by atoms with E-state index in [0.717, 1.165) is 6.07 Å². The second-order valence-electron chi connectivity index (χ2n) is 6.31. The van der Waals surface area contributed by atoms with Gasteiger partial charge in [0.05, 0.1) is 5.56 Å². The van der Waals surface area contributed by atoms with Crippen LogP contribution in [0.1, 0.15) is 15.9 Å². The summed E-state index contributed by atoms with van der Waals surface area (Å²) >= 11 is -0.881. The Kier molecular flexibility index (Phi) is 5.32. The van der Waals surface area contributed by atoms with Gasteiger partial charge >= 0.3 is 11.7 Å². The Morgan fingerprint density at radius 3 is 2.47 bits per heavy atom. The number of furan rings is 1. The van der Waals surface area contributed by atoms with Gasteiger partial charge in [0.25, 0.3) is 5.91 Å². The summed E-state index contributed by atoms with van der Waals surface area (Å²) in [4.78, 5) is 11.5. The first-order chi connectivity index (χ1) is 15.0. The summed E-state index contributed by atoms with van der Waals surface area (Å²) < 4.78 is 83.0. The lowest BCUT2D eigenvalue weighted by atomic mass is 10.1. The van der Waals surface area contributed by atoms with Crippen molar-refractivity contribution in [1.29, 1.82) is 0 Å². The number of nitrogens with zero attached hydrogens (tertiary/aromatic N) is 3. The monoisotopic (exact) mass is 473 g/mol. The van der Waals surface area contributed by atoms with Gasteiger partial charge in [-0.25, -0.2) is 0 Å². The highest BCUT2D eigenvalue weighted by Gasteiger charge is 2.38. The van der Waals surface area contributed by atoms with E-state index in [1.807, 2.05) is 0 Å². The highest BCUT2D eigenvalue weighted by Crippen LogP contribution is 2.44. The summed E-state index contributed by atoms with van der Waals surface area (Å²) in [5.74, 6) is -0.323. The Balaban J connectivity index is 1.60. The molecular formula is C18H9F6N5O2S. The molecule has 4 aromatic rings. The van der Waals surface area contributed by atoms with Crippen molar-refractivity contribution in [2.75, 3.05) is 5.32 Å². The standard InChI is InChI=1S/C18H9F6N5O2S/c19-17(20,21)11-7-10(3-4-14(11)32-18(22,23)24)25-16(30)9-2-1-8-5-13(31-12(8)6-9)15-26-28-29-27-15/h1-7H,(H,25,30)(H,26,27,28,29). The first-order valence-electron chi connectivity index (χ1n) is 8.55. The van der Waals surface area contributed by atoms with Gasteiger partial charge in [0.15, 0.2) is 5.76 Å². The van der Waals surface area contributed by atoms with Crippen molar-refractivity contribution in [3.8, 4) is 11.6 Å². The normalized spacial score (nSPS) is 12.3. The zero-order valence-corrected chi connectivity index (χ0v) is 16.2. The summed E-state index contributed by atoms with van der Waals surface area (Å²) in [5, 5.41) is 16.1. The number of fused-ring (bicyclic) bond motifs is 1. The molecule has 14 heteroatoms. The fraction of sp³-hybridized carbons (Fsp3) is 0.111. The Labute approximate surface area is 178 Å². The number of rotatable bonds is 4. The summed E-state index contributed by atoms with van der Waals surface area (Å²) in [7, 11) is 0. The summed E-state index contributed by atoms with van der Waals surface area (Å²) in [6.45, 7) is 0. The zero-order chi connectivity index (χ0) is 23.1. The average Bonchev–Trinajstić information content (AvgIpc) is 3.36. The minimum atomic E-state index is -5.05. The van der Waals surface area contributed by atoms with Crippen LogP contribution in [0.15, 0.2) is 51.8 Å². The number of halogens is 6. The van der Waals surface area contributed by atoms with Crippen LogP contribution in [0.3, 0.4) is 0 Å². The molecular weight excluding hydrogens is 464 g/mol. The maximum Gasteiger partial charge on any atom is 0.446 e. The van der Waals surface area contributed by atoms with Gasteiger partial charge in [-0.2, -0.15) is 31.6 Å². The van der Waals surface area contributed by atoms with Gasteiger partial charge in [-0.3, -0.25) is 4.79 Å². The molecule has 32 heavy (non-hydrogen) atoms. The van der Waals surface area contributed by atoms with E-state index in [4.69, 9.17) is 4.42 Å². The van der Waals surface area contributed by atoms with Crippen LogP contribution in [0.25, 0.3) is 22.6 Å². The summed E-state index contributed by atoms with van der Waals surface area (Å²) in [6, 6.07) is 7.98. The molecule has 0 radical (unpaired) electrons. The molecule has 0 aliphatic heterocycles. The number of anilines is 1. The molecule has 1 amide bonds. The molecule has 0 aliphatic carbocycles. The molecule has 0 bridgehead atoms. The SMILES string of the molecule is O=C(Nc1ccc(SC(F)(F)F)c(C(F)(F)F)c1)c1ccc2cc(-c3nn[nH]n3)oc2c1. The largest absolute Gasteiger partial charge is 0.453 e. The molecule has 0 spiro atoms. The number of aromatic amines is 1. The number of carbonyl (C=O) groups is 1. The van der Waals surface area contributed by atoms with Crippen LogP contribution in [-0.4, -0.2) is 32.0 Å². The van der Waals surface area contributed by atoms with Crippen molar-refractivity contribution in [3.63, 3.8) is 0 Å². The number of hydrogen-bond donors (Lipinski definition) is 2. The highest BCUT2D eigenvalue weighted by molar-refractivity contribution is 8.00. The van der Waals surface area contributed by atoms with Crippen molar-refractivity contribution in [3.05, 3.63) is 53.6 Å². The Morgan fingerprint density at radius 2 is 1.81 bits per heavy atom. The number of alkyl halides is 6. The fourth-order valence-electron chi connectivity index (χ4n) is 2.79. The first kappa shape index (κ1) is 21.7. The topological polar surface area (TPSA) is 96.7 Å². The summed E-state index contributed by atoms with van der Waals surface area (Å²) in [5.41, 5.74) is -6.40. The van der Waals surface area contributed by atoms with Gasteiger partial charge in [-0.1, -0.05) is 6.07 Å². The highest BCUT2D eigenvalue weighted by atomic mass is 32.2. The van der Waals surface area contributed by atoms with Crippen LogP contribution in [0.2, 0.25) is 0 Å². The molecule has 2 aromatic carbocycles. The van der Waals surface area contributed by atoms with Crippen molar-refractivity contribution in [2.45, 2.75) is 16.6 Å². The van der Waals surface area contributed by atoms with E-state index in [1.165, 1.54) is 12.1 Å². The molecule has 0 saturated heterocycles. The van der Waals surface area contributed by atoms with Crippen LogP contribution >= 0.6 is 11.8 Å². The van der Waals surface area contributed by atoms with E-state index in [-0.39, 0.29) is 28.4 Å². The van der Waals surface area contributed by atoms with Crippen molar-refractivity contribution in [1.82, 2.24) is 20.6 Å². The van der Waals surface area contributed by atoms with Crippen molar-refractivity contribution < 1.29 is 35.6 Å². The molecule has 2 aromatic heterocycles. The molecule has 2 heterocycles. The molecule has 4 rings (SSSR count). The number of tetrazole rings is 1. The van der Waals surface area contributed by atoms with Crippen molar-refractivity contribution >= 4 is 34.3 Å². The molecule has 7 nitrogen and oxygen atoms in total. The smallest absolute Gasteiger partial charge is 0.446 e. The minimum Gasteiger partial charge on any atom is -0.453 e. The lowest BCUT2D eigenvalue weighted by Gasteiger charge is -2.15. The van der Waals surface area contributed by atoms with Gasteiger partial charge in [0.1, 0.15) is 5.58 Å². The van der Waals surface area contributed by atoms with E-state index in [1.54, 1.807) is 12.1 Å². The van der Waals surface area contributed by atoms with Crippen LogP contribution in [0.4, 0.5) is 32.0 Å². The molecule has 0 saturated carbocycles. The Hall–Kier alpha value is -3.55. The molecule has 2 N–H and O–H groups in total. The van der Waals surface area contributed by atoms with Gasteiger partial charge in [0, 0.05) is 21.5 Å². The minimum absolute atomic E-state index is 0.0498. The predicted octanol–water partition coefficient (Wildman–Crippen LogP) is 5.50. The second-order valence-corrected chi connectivity index (χ2v) is 7.42. The van der Waals surface area contributed by atoms with E-state index >= 15 is 0 Å². The van der Waals surface area contributed by atoms with Crippen LogP contribution < -0.4 is 5.32 Å². The number of thioether (sulfide) groups is 1. The maximum atomic E-state index is 13.2. The Morgan fingerprint density at radius 1 is 1.03 bits per heavy atom. The molecule has 0 aliphatic rings. The van der Waals surface area contributed by atoms with Crippen LogP contribution in [0, 0.1) is 0 Å². The van der Waals surface area contributed by atoms with Crippen LogP contribution in [-0.2, 0) is 6.18 Å². The number of hydrogen-bond acceptors (Lipinski definition) is 6. The molecule has 0 unspecified atom stereocenters. The van der Waals surface area contributed by atoms with E-state index in [2.05, 4.69) is 25.9 Å². The van der Waals surface area contributed by atoms with Gasteiger partial charge in [-0.15, -0.1) is 10.2 Å². The lowest BCUT2D eigenvalue weighted by molar-refractivity contribution is -0.139. The van der Waals surface area contributed by atoms with E-state index in [0.29, 0.717) is 17.5 Å². The fourth-order valence-corrected chi connectivity index (χ4v) is 3.47. The quantitative estimate of drug-likeness (QED) is 0.300.